The number of nitrogens with zero attached hydrogens (tertiary/aromatic N) is 1. The molecule has 1 aliphatic heterocycles. The summed E-state index contributed by atoms with van der Waals surface area (Å²) in [5, 5.41) is 41.9. The van der Waals surface area contributed by atoms with Crippen LogP contribution >= 0.6 is 23.4 Å². The topological polar surface area (TPSA) is 130 Å². The first-order valence-electron chi connectivity index (χ1n) is 10.6. The van der Waals surface area contributed by atoms with E-state index in [4.69, 9.17) is 26.8 Å². The number of halogens is 1. The lowest BCUT2D eigenvalue weighted by Gasteiger charge is -2.40. The average molecular weight is 495 g/mol. The lowest BCUT2D eigenvalue weighted by Crippen LogP contribution is -2.56. The second-order valence-corrected chi connectivity index (χ2v) is 9.40. The van der Waals surface area contributed by atoms with E-state index in [2.05, 4.69) is 0 Å². The Hall–Kier alpha value is -1.82. The van der Waals surface area contributed by atoms with Crippen molar-refractivity contribution < 1.29 is 29.9 Å². The molecule has 1 fully saturated rings. The predicted octanol–water partition coefficient (Wildman–Crippen LogP) is 2.15. The summed E-state index contributed by atoms with van der Waals surface area (Å²) in [5.41, 5.74) is 6.19. The maximum Gasteiger partial charge on any atom is 0.163 e. The highest BCUT2D eigenvalue weighted by atomic mass is 35.5. The third-order valence-electron chi connectivity index (χ3n) is 5.57. The summed E-state index contributed by atoms with van der Waals surface area (Å²) in [6.07, 6.45) is -3.73. The van der Waals surface area contributed by atoms with E-state index >= 15 is 0 Å². The molecule has 4 rings (SSSR count). The molecule has 3 aromatic rings. The molecular weight excluding hydrogens is 468 g/mol. The van der Waals surface area contributed by atoms with E-state index in [1.54, 1.807) is 16.7 Å². The molecule has 178 valence electrons. The van der Waals surface area contributed by atoms with E-state index in [1.165, 1.54) is 11.8 Å². The van der Waals surface area contributed by atoms with Gasteiger partial charge in [-0.25, -0.2) is 0 Å². The Morgan fingerprint density at radius 3 is 2.52 bits per heavy atom. The Morgan fingerprint density at radius 2 is 1.82 bits per heavy atom. The average Bonchev–Trinajstić information content (AvgIpc) is 3.16. The first kappa shape index (κ1) is 24.3. The van der Waals surface area contributed by atoms with Crippen LogP contribution in [0, 0.1) is 0 Å². The highest BCUT2D eigenvalue weighted by Crippen LogP contribution is 2.40. The Balaban J connectivity index is 1.64. The third kappa shape index (κ3) is 5.16. The molecule has 2 heterocycles. The van der Waals surface area contributed by atoms with Crippen LogP contribution in [-0.4, -0.2) is 69.2 Å². The molecule has 0 spiro atoms. The zero-order valence-corrected chi connectivity index (χ0v) is 19.3. The summed E-state index contributed by atoms with van der Waals surface area (Å²) in [6, 6.07) is 13.1. The fourth-order valence-corrected chi connectivity index (χ4v) is 4.94. The number of hydrogen-bond donors (Lipinski definition) is 5. The van der Waals surface area contributed by atoms with Crippen molar-refractivity contribution in [2.45, 2.75) is 46.9 Å². The van der Waals surface area contributed by atoms with Gasteiger partial charge in [0.15, 0.2) is 6.23 Å². The minimum atomic E-state index is -1.47. The maximum absolute atomic E-state index is 10.6. The zero-order chi connectivity index (χ0) is 23.5. The summed E-state index contributed by atoms with van der Waals surface area (Å²) >= 11 is 7.75. The van der Waals surface area contributed by atoms with Crippen LogP contribution in [-0.2, 0) is 4.74 Å². The number of fused-ring (bicyclic) bond motifs is 1. The molecule has 5 atom stereocenters. The number of hydrogen-bond acceptors (Lipinski definition) is 8. The van der Waals surface area contributed by atoms with Gasteiger partial charge in [-0.05, 0) is 49.4 Å². The molecule has 0 unspecified atom stereocenters. The Kier molecular flexibility index (Phi) is 7.83. The van der Waals surface area contributed by atoms with Crippen molar-refractivity contribution in [3.63, 3.8) is 0 Å². The first-order chi connectivity index (χ1) is 15.9. The van der Waals surface area contributed by atoms with Crippen LogP contribution in [0.15, 0.2) is 58.5 Å². The van der Waals surface area contributed by atoms with Crippen molar-refractivity contribution >= 4 is 34.3 Å². The molecule has 2 aromatic carbocycles. The van der Waals surface area contributed by atoms with E-state index in [9.17, 15) is 20.4 Å². The molecule has 0 radical (unpaired) electrons. The highest BCUT2D eigenvalue weighted by molar-refractivity contribution is 7.99. The van der Waals surface area contributed by atoms with Crippen LogP contribution in [0.1, 0.15) is 12.6 Å². The van der Waals surface area contributed by atoms with Crippen LogP contribution in [0.5, 0.6) is 5.75 Å². The Bertz CT molecular complexity index is 1080. The molecule has 1 saturated heterocycles. The lowest BCUT2D eigenvalue weighted by molar-refractivity contribution is -0.250. The molecule has 0 aliphatic carbocycles. The summed E-state index contributed by atoms with van der Waals surface area (Å²) in [4.78, 5) is 1.86. The Morgan fingerprint density at radius 1 is 1.06 bits per heavy atom. The summed E-state index contributed by atoms with van der Waals surface area (Å²) in [6.45, 7) is 0.648. The van der Waals surface area contributed by atoms with Gasteiger partial charge in [-0.2, -0.15) is 0 Å². The summed E-state index contributed by atoms with van der Waals surface area (Å²) in [7, 11) is 0. The van der Waals surface area contributed by atoms with Crippen molar-refractivity contribution in [1.29, 1.82) is 0 Å². The molecule has 0 bridgehead atoms. The summed E-state index contributed by atoms with van der Waals surface area (Å²) < 4.78 is 13.1. The van der Waals surface area contributed by atoms with Crippen LogP contribution in [0.2, 0.25) is 5.02 Å². The normalized spacial score (nSPS) is 25.5. The van der Waals surface area contributed by atoms with Gasteiger partial charge < -0.3 is 40.2 Å². The minimum absolute atomic E-state index is 0.497. The molecule has 0 saturated carbocycles. The molecular formula is C23H27ClN2O6S. The van der Waals surface area contributed by atoms with E-state index < -0.39 is 37.3 Å². The Labute approximate surface area is 200 Å². The van der Waals surface area contributed by atoms with Crippen molar-refractivity contribution in [3.8, 4) is 5.75 Å². The molecule has 1 aliphatic rings. The fourth-order valence-electron chi connectivity index (χ4n) is 3.80. The molecule has 33 heavy (non-hydrogen) atoms. The SMILES string of the molecule is NCCCOc1ccc(Sc2cn([C@@H]3O[C@H](CO)[C@@H](O)[C@H](O)[C@H]3O)c3cc(Cl)ccc23)cc1. The van der Waals surface area contributed by atoms with E-state index in [0.717, 1.165) is 27.3 Å². The van der Waals surface area contributed by atoms with Gasteiger partial charge in [-0.3, -0.25) is 0 Å². The van der Waals surface area contributed by atoms with E-state index in [0.29, 0.717) is 23.7 Å². The van der Waals surface area contributed by atoms with Crippen LogP contribution < -0.4 is 10.5 Å². The molecule has 10 heteroatoms. The van der Waals surface area contributed by atoms with E-state index in [1.807, 2.05) is 36.5 Å². The van der Waals surface area contributed by atoms with Gasteiger partial charge in [-0.15, -0.1) is 0 Å². The fraction of sp³-hybridized carbons (Fsp3) is 0.391. The molecule has 0 amide bonds. The predicted molar refractivity (Wildman–Crippen MR) is 126 cm³/mol. The third-order valence-corrected chi connectivity index (χ3v) is 6.86. The number of rotatable bonds is 8. The number of nitrogens with two attached hydrogens (primary N) is 1. The standard InChI is InChI=1S/C23H27ClN2O6S/c24-13-2-7-16-17(10-13)26(23-22(30)21(29)20(28)18(12-27)32-23)11-19(16)33-15-5-3-14(4-6-15)31-9-1-8-25/h2-7,10-11,18,20-23,27-30H,1,8-9,12,25H2/t18-,20-,21+,22-,23-/m1/s1. The second kappa shape index (κ2) is 10.6. The van der Waals surface area contributed by atoms with Crippen LogP contribution in [0.25, 0.3) is 10.9 Å². The number of aromatic nitrogens is 1. The quantitative estimate of drug-likeness (QED) is 0.301. The number of aliphatic hydroxyl groups excluding tert-OH is 4. The van der Waals surface area contributed by atoms with Crippen molar-refractivity contribution in [2.24, 2.45) is 5.73 Å². The van der Waals surface area contributed by atoms with Gasteiger partial charge in [0.05, 0.1) is 18.7 Å². The highest BCUT2D eigenvalue weighted by Gasteiger charge is 2.44. The van der Waals surface area contributed by atoms with Crippen molar-refractivity contribution in [2.75, 3.05) is 19.8 Å². The lowest BCUT2D eigenvalue weighted by atomic mass is 9.98. The van der Waals surface area contributed by atoms with Gasteiger partial charge in [-0.1, -0.05) is 29.4 Å². The monoisotopic (exact) mass is 494 g/mol. The van der Waals surface area contributed by atoms with Gasteiger partial charge in [0.1, 0.15) is 30.2 Å². The second-order valence-electron chi connectivity index (χ2n) is 7.85. The largest absolute Gasteiger partial charge is 0.494 e. The number of aliphatic hydroxyl groups is 4. The summed E-state index contributed by atoms with van der Waals surface area (Å²) in [5.74, 6) is 0.767. The molecule has 6 N–H and O–H groups in total. The van der Waals surface area contributed by atoms with Crippen LogP contribution in [0.3, 0.4) is 0 Å². The smallest absolute Gasteiger partial charge is 0.163 e. The first-order valence-corrected chi connectivity index (χ1v) is 11.8. The van der Waals surface area contributed by atoms with Gasteiger partial charge in [0.2, 0.25) is 0 Å². The van der Waals surface area contributed by atoms with Gasteiger partial charge >= 0.3 is 0 Å². The van der Waals surface area contributed by atoms with Gasteiger partial charge in [0, 0.05) is 26.4 Å². The maximum atomic E-state index is 10.6. The molecule has 1 aromatic heterocycles. The zero-order valence-electron chi connectivity index (χ0n) is 17.8. The van der Waals surface area contributed by atoms with Crippen molar-refractivity contribution in [3.05, 3.63) is 53.7 Å². The van der Waals surface area contributed by atoms with Gasteiger partial charge in [0.25, 0.3) is 0 Å². The minimum Gasteiger partial charge on any atom is -0.494 e. The van der Waals surface area contributed by atoms with E-state index in [-0.39, 0.29) is 0 Å². The number of benzene rings is 2. The van der Waals surface area contributed by atoms with Crippen molar-refractivity contribution in [1.82, 2.24) is 4.57 Å². The van der Waals surface area contributed by atoms with Crippen LogP contribution in [0.4, 0.5) is 0 Å². The number of ether oxygens (including phenoxy) is 2. The molecule has 8 nitrogen and oxygen atoms in total.